The molecule has 0 bridgehead atoms. The van der Waals surface area contributed by atoms with Gasteiger partial charge in [0, 0.05) is 33.2 Å². The van der Waals surface area contributed by atoms with Crippen molar-refractivity contribution in [2.75, 3.05) is 0 Å². The molecule has 10 nitrogen and oxygen atoms in total. The van der Waals surface area contributed by atoms with Crippen molar-refractivity contribution >= 4 is 60.3 Å². The van der Waals surface area contributed by atoms with E-state index in [2.05, 4.69) is 19.6 Å². The average Bonchev–Trinajstić information content (AvgIpc) is 3.65. The second-order valence-electron chi connectivity index (χ2n) is 11.2. The quantitative estimate of drug-likeness (QED) is 0.0872. The molecule has 1 fully saturated rings. The van der Waals surface area contributed by atoms with Gasteiger partial charge in [-0.05, 0) is 56.4 Å². The molecule has 1 N–H and O–H groups in total. The summed E-state index contributed by atoms with van der Waals surface area (Å²) in [6.45, 7) is 10.1. The number of thiophene rings is 1. The number of carbonyl (C=O) groups is 2. The Labute approximate surface area is 256 Å². The van der Waals surface area contributed by atoms with Crippen LogP contribution in [0.15, 0.2) is 56.7 Å². The van der Waals surface area contributed by atoms with Crippen molar-refractivity contribution < 1.29 is 28.8 Å². The lowest BCUT2D eigenvalue weighted by atomic mass is 9.79. The van der Waals surface area contributed by atoms with Gasteiger partial charge in [0.25, 0.3) is 5.69 Å². The summed E-state index contributed by atoms with van der Waals surface area (Å²) in [7, 11) is -1.92. The number of aromatic nitrogens is 1. The summed E-state index contributed by atoms with van der Waals surface area (Å²) >= 11 is 4.29. The first-order valence-corrected chi connectivity index (χ1v) is 19.3. The fourth-order valence-corrected chi connectivity index (χ4v) is 9.56. The molecular weight excluding hydrogens is 615 g/mol. The number of aliphatic hydroxyl groups excluding tert-OH is 1. The Morgan fingerprint density at radius 1 is 1.24 bits per heavy atom. The highest BCUT2D eigenvalue weighted by Gasteiger charge is 2.61. The number of ether oxygens (including phenoxy) is 1. The lowest BCUT2D eigenvalue weighted by Gasteiger charge is -2.48. The van der Waals surface area contributed by atoms with Gasteiger partial charge in [-0.15, -0.1) is 22.7 Å². The fourth-order valence-electron chi connectivity index (χ4n) is 5.31. The number of fused-ring (bicyclic) bond motifs is 1. The van der Waals surface area contributed by atoms with Gasteiger partial charge in [-0.1, -0.05) is 18.7 Å². The number of nitro groups is 1. The molecular formula is C28H31N3O7S3Si. The van der Waals surface area contributed by atoms with E-state index in [1.807, 2.05) is 31.4 Å². The van der Waals surface area contributed by atoms with E-state index in [9.17, 15) is 24.8 Å². The zero-order valence-electron chi connectivity index (χ0n) is 23.7. The number of benzene rings is 1. The molecule has 1 aromatic carbocycles. The number of amides is 1. The van der Waals surface area contributed by atoms with Crippen LogP contribution < -0.4 is 0 Å². The first-order valence-electron chi connectivity index (χ1n) is 13.4. The van der Waals surface area contributed by atoms with Crippen molar-refractivity contribution in [1.82, 2.24) is 9.88 Å². The van der Waals surface area contributed by atoms with E-state index in [1.54, 1.807) is 17.0 Å². The third kappa shape index (κ3) is 6.10. The van der Waals surface area contributed by atoms with Crippen LogP contribution in [0.5, 0.6) is 0 Å². The number of hydrogen-bond donors (Lipinski definition) is 1. The number of non-ortho nitro benzene ring substituents is 1. The molecule has 1 amide bonds. The standard InChI is InChI=1S/C28H31N3O7S3Si/c1-15-23-22(16(2)38-42(3,4)5)26(33)30(23)24(27(34)37-13-17-6-8-18(9-7-17)31(35)36)25(15)41-28-29-20(14-39-28)21-11-10-19(12-32)40-21/h6-11,14-16,22-23,32H,12-13H2,1-5H3/t15-,16-,22-,23-/m1/s1. The Balaban J connectivity index is 1.41. The maximum atomic E-state index is 13.6. The molecule has 2 aliphatic rings. The number of nitrogens with zero attached hydrogens (tertiary/aromatic N) is 3. The van der Waals surface area contributed by atoms with Crippen LogP contribution in [0.3, 0.4) is 0 Å². The molecule has 4 heterocycles. The zero-order valence-corrected chi connectivity index (χ0v) is 27.2. The van der Waals surface area contributed by atoms with Crippen LogP contribution in [0.2, 0.25) is 19.6 Å². The van der Waals surface area contributed by atoms with Crippen molar-refractivity contribution in [2.24, 2.45) is 11.8 Å². The summed E-state index contributed by atoms with van der Waals surface area (Å²) in [5.41, 5.74) is 1.55. The SMILES string of the molecule is C[C@@H](O[Si](C)(C)C)[C@H]1C(=O)N2C(C(=O)OCc3ccc([N+](=O)[O-])cc3)=C(Sc3nc(-c4ccc(CO)s4)cs3)[C@H](C)[C@H]12. The number of β-lactam (4-membered cyclic amide) rings is 1. The number of hydrogen-bond acceptors (Lipinski definition) is 11. The monoisotopic (exact) mass is 645 g/mol. The van der Waals surface area contributed by atoms with E-state index in [1.165, 1.54) is 46.6 Å². The lowest BCUT2D eigenvalue weighted by Crippen LogP contribution is -2.64. The largest absolute Gasteiger partial charge is 0.456 e. The molecule has 0 aliphatic carbocycles. The predicted octanol–water partition coefficient (Wildman–Crippen LogP) is 6.04. The molecule has 222 valence electrons. The van der Waals surface area contributed by atoms with Crippen LogP contribution >= 0.6 is 34.4 Å². The van der Waals surface area contributed by atoms with Crippen LogP contribution in [0.25, 0.3) is 10.6 Å². The van der Waals surface area contributed by atoms with Crippen LogP contribution in [-0.2, 0) is 32.0 Å². The van der Waals surface area contributed by atoms with Crippen molar-refractivity contribution in [1.29, 1.82) is 0 Å². The van der Waals surface area contributed by atoms with E-state index in [4.69, 9.17) is 14.1 Å². The highest BCUT2D eigenvalue weighted by molar-refractivity contribution is 8.04. The fraction of sp³-hybridized carbons (Fsp3) is 0.393. The molecule has 1 saturated heterocycles. The molecule has 2 aromatic heterocycles. The minimum absolute atomic E-state index is 0.0294. The van der Waals surface area contributed by atoms with Gasteiger partial charge in [0.05, 0.1) is 40.2 Å². The topological polar surface area (TPSA) is 132 Å². The number of nitro benzene ring substituents is 1. The van der Waals surface area contributed by atoms with Crippen molar-refractivity contribution in [3.05, 3.63) is 72.9 Å². The van der Waals surface area contributed by atoms with Gasteiger partial charge in [0.15, 0.2) is 12.7 Å². The minimum Gasteiger partial charge on any atom is -0.456 e. The van der Waals surface area contributed by atoms with Crippen molar-refractivity contribution in [2.45, 2.75) is 63.2 Å². The second kappa shape index (κ2) is 12.0. The average molecular weight is 646 g/mol. The molecule has 0 radical (unpaired) electrons. The molecule has 42 heavy (non-hydrogen) atoms. The zero-order chi connectivity index (χ0) is 30.3. The van der Waals surface area contributed by atoms with Gasteiger partial charge in [0.1, 0.15) is 12.3 Å². The summed E-state index contributed by atoms with van der Waals surface area (Å²) in [6.07, 6.45) is -0.291. The first kappa shape index (κ1) is 30.6. The van der Waals surface area contributed by atoms with Gasteiger partial charge in [0.2, 0.25) is 5.91 Å². The molecule has 14 heteroatoms. The summed E-state index contributed by atoms with van der Waals surface area (Å²) in [4.78, 5) is 46.4. The van der Waals surface area contributed by atoms with Crippen LogP contribution in [0.1, 0.15) is 24.3 Å². The highest BCUT2D eigenvalue weighted by atomic mass is 32.2. The smallest absolute Gasteiger partial charge is 0.356 e. The Bertz CT molecular complexity index is 1550. The Morgan fingerprint density at radius 2 is 1.95 bits per heavy atom. The van der Waals surface area contributed by atoms with E-state index < -0.39 is 19.2 Å². The predicted molar refractivity (Wildman–Crippen MR) is 164 cm³/mol. The Kier molecular flexibility index (Phi) is 8.74. The third-order valence-corrected chi connectivity index (χ3v) is 11.5. The van der Waals surface area contributed by atoms with E-state index in [0.29, 0.717) is 10.5 Å². The summed E-state index contributed by atoms with van der Waals surface area (Å²) in [6, 6.07) is 9.35. The van der Waals surface area contributed by atoms with Crippen molar-refractivity contribution in [3.63, 3.8) is 0 Å². The Hall–Kier alpha value is -2.88. The van der Waals surface area contributed by atoms with Gasteiger partial charge < -0.3 is 19.2 Å². The number of rotatable bonds is 11. The van der Waals surface area contributed by atoms with Crippen LogP contribution in [-0.4, -0.2) is 52.3 Å². The van der Waals surface area contributed by atoms with E-state index in [0.717, 1.165) is 19.8 Å². The third-order valence-electron chi connectivity index (χ3n) is 7.09. The molecule has 0 saturated carbocycles. The lowest BCUT2D eigenvalue weighted by molar-refractivity contribution is -0.384. The van der Waals surface area contributed by atoms with Gasteiger partial charge in [-0.25, -0.2) is 9.78 Å². The van der Waals surface area contributed by atoms with Gasteiger partial charge >= 0.3 is 5.97 Å². The molecule has 5 rings (SSSR count). The molecule has 3 aromatic rings. The summed E-state index contributed by atoms with van der Waals surface area (Å²) < 4.78 is 12.7. The number of esters is 1. The Morgan fingerprint density at radius 3 is 2.57 bits per heavy atom. The molecule has 0 spiro atoms. The summed E-state index contributed by atoms with van der Waals surface area (Å²) in [5, 5.41) is 22.3. The van der Waals surface area contributed by atoms with Crippen LogP contribution in [0, 0.1) is 22.0 Å². The number of carbonyl (C=O) groups excluding carboxylic acids is 2. The normalized spacial score (nSPS) is 20.9. The first-order chi connectivity index (χ1) is 19.9. The maximum Gasteiger partial charge on any atom is 0.356 e. The highest BCUT2D eigenvalue weighted by Crippen LogP contribution is 2.53. The summed E-state index contributed by atoms with van der Waals surface area (Å²) in [5.74, 6) is -1.32. The maximum absolute atomic E-state index is 13.6. The molecule has 2 aliphatic heterocycles. The van der Waals surface area contributed by atoms with Gasteiger partial charge in [-0.3, -0.25) is 14.9 Å². The second-order valence-corrected chi connectivity index (χ2v) is 19.0. The van der Waals surface area contributed by atoms with Gasteiger partial charge in [-0.2, -0.15) is 0 Å². The molecule has 0 unspecified atom stereocenters. The van der Waals surface area contributed by atoms with Crippen LogP contribution in [0.4, 0.5) is 5.69 Å². The van der Waals surface area contributed by atoms with E-state index >= 15 is 0 Å². The number of thiazole rings is 1. The number of thioether (sulfide) groups is 1. The molecule has 4 atom stereocenters. The minimum atomic E-state index is -1.92. The number of aliphatic hydroxyl groups is 1. The van der Waals surface area contributed by atoms with E-state index in [-0.39, 0.29) is 54.5 Å². The van der Waals surface area contributed by atoms with Crippen molar-refractivity contribution in [3.8, 4) is 10.6 Å².